The second kappa shape index (κ2) is 12.2. The minimum atomic E-state index is -0.358. The molecule has 0 unspecified atom stereocenters. The Hall–Kier alpha value is -3.40. The van der Waals surface area contributed by atoms with Crippen LogP contribution in [0, 0.1) is 5.92 Å². The molecule has 0 aliphatic rings. The molecule has 0 N–H and O–H groups in total. The number of ether oxygens (including phenoxy) is 2. The van der Waals surface area contributed by atoms with Crippen molar-refractivity contribution in [1.82, 2.24) is 0 Å². The Morgan fingerprint density at radius 3 is 1.62 bits per heavy atom. The number of hydrogen-bond donors (Lipinski definition) is 0. The Kier molecular flexibility index (Phi) is 9.03. The molecule has 0 aromatic heterocycles. The molecule has 4 heteroatoms. The van der Waals surface area contributed by atoms with E-state index in [1.165, 1.54) is 0 Å². The normalized spacial score (nSPS) is 12.7. The van der Waals surface area contributed by atoms with Gasteiger partial charge in [0.2, 0.25) is 0 Å². The first-order valence-corrected chi connectivity index (χ1v) is 12.1. The average molecular weight is 459 g/mol. The van der Waals surface area contributed by atoms with Crippen LogP contribution in [-0.4, -0.2) is 18.0 Å². The molecule has 0 aliphatic heterocycles. The maximum absolute atomic E-state index is 12.5. The molecule has 3 aromatic carbocycles. The molecule has 0 saturated carbocycles. The molecule has 178 valence electrons. The summed E-state index contributed by atoms with van der Waals surface area (Å²) in [6.07, 6.45) is 2.65. The Balaban J connectivity index is 1.59. The van der Waals surface area contributed by atoms with E-state index < -0.39 is 0 Å². The first-order chi connectivity index (χ1) is 16.4. The minimum absolute atomic E-state index is 0.103. The molecule has 3 rings (SSSR count). The van der Waals surface area contributed by atoms with Crippen molar-refractivity contribution >= 4 is 11.9 Å². The lowest BCUT2D eigenvalue weighted by atomic mass is 9.97. The van der Waals surface area contributed by atoms with Crippen LogP contribution >= 0.6 is 0 Å². The van der Waals surface area contributed by atoms with Gasteiger partial charge < -0.3 is 9.47 Å². The molecular weight excluding hydrogens is 424 g/mol. The van der Waals surface area contributed by atoms with E-state index in [0.717, 1.165) is 36.0 Å². The van der Waals surface area contributed by atoms with Gasteiger partial charge in [0, 0.05) is 0 Å². The number of hydrogen-bond acceptors (Lipinski definition) is 4. The number of rotatable bonds is 10. The highest BCUT2D eigenvalue weighted by Gasteiger charge is 2.16. The number of carbonyl (C=O) groups is 2. The van der Waals surface area contributed by atoms with Gasteiger partial charge in [0.1, 0.15) is 6.10 Å². The van der Waals surface area contributed by atoms with Crippen molar-refractivity contribution in [2.45, 2.75) is 59.2 Å². The van der Waals surface area contributed by atoms with Crippen LogP contribution < -0.4 is 0 Å². The third kappa shape index (κ3) is 6.80. The van der Waals surface area contributed by atoms with Crippen LogP contribution in [-0.2, 0) is 9.47 Å². The van der Waals surface area contributed by atoms with Gasteiger partial charge in [0.25, 0.3) is 0 Å². The molecule has 0 heterocycles. The predicted octanol–water partition coefficient (Wildman–Crippen LogP) is 7.64. The van der Waals surface area contributed by atoms with E-state index in [0.29, 0.717) is 17.0 Å². The summed E-state index contributed by atoms with van der Waals surface area (Å²) >= 11 is 0. The molecular formula is C30H34O4. The zero-order valence-corrected chi connectivity index (χ0v) is 20.5. The quantitative estimate of drug-likeness (QED) is 0.293. The van der Waals surface area contributed by atoms with Crippen molar-refractivity contribution in [3.05, 3.63) is 95.6 Å². The van der Waals surface area contributed by atoms with E-state index in [1.807, 2.05) is 68.4 Å². The summed E-state index contributed by atoms with van der Waals surface area (Å²) in [4.78, 5) is 25.0. The van der Waals surface area contributed by atoms with Crippen molar-refractivity contribution in [3.63, 3.8) is 0 Å². The van der Waals surface area contributed by atoms with E-state index in [4.69, 9.17) is 9.47 Å². The van der Waals surface area contributed by atoms with Crippen molar-refractivity contribution < 1.29 is 19.1 Å². The van der Waals surface area contributed by atoms with Crippen LogP contribution in [0.1, 0.15) is 79.3 Å². The second-order valence-electron chi connectivity index (χ2n) is 8.75. The van der Waals surface area contributed by atoms with Crippen LogP contribution in [0.4, 0.5) is 0 Å². The summed E-state index contributed by atoms with van der Waals surface area (Å²) in [6.45, 7) is 8.16. The fourth-order valence-electron chi connectivity index (χ4n) is 4.01. The minimum Gasteiger partial charge on any atom is -0.459 e. The first-order valence-electron chi connectivity index (χ1n) is 12.1. The SMILES string of the molecule is CCC(CC)C[C@@H](C)OC(=O)c1ccc(-c2ccc(C(=O)O[C@H](C)c3ccccc3)cc2)cc1. The highest BCUT2D eigenvalue weighted by molar-refractivity contribution is 5.91. The largest absolute Gasteiger partial charge is 0.459 e. The van der Waals surface area contributed by atoms with Crippen molar-refractivity contribution in [2.24, 2.45) is 5.92 Å². The van der Waals surface area contributed by atoms with Crippen molar-refractivity contribution in [3.8, 4) is 11.1 Å². The molecule has 0 saturated heterocycles. The highest BCUT2D eigenvalue weighted by atomic mass is 16.5. The summed E-state index contributed by atoms with van der Waals surface area (Å²) in [6, 6.07) is 24.3. The third-order valence-electron chi connectivity index (χ3n) is 6.26. The molecule has 0 spiro atoms. The van der Waals surface area contributed by atoms with E-state index in [1.54, 1.807) is 24.3 Å². The lowest BCUT2D eigenvalue weighted by Gasteiger charge is -2.18. The number of carbonyl (C=O) groups excluding carboxylic acids is 2. The summed E-state index contributed by atoms with van der Waals surface area (Å²) in [5.74, 6) is -0.0777. The molecule has 0 aliphatic carbocycles. The molecule has 0 fully saturated rings. The van der Waals surface area contributed by atoms with Gasteiger partial charge in [-0.25, -0.2) is 9.59 Å². The van der Waals surface area contributed by atoms with E-state index in [9.17, 15) is 9.59 Å². The molecule has 4 nitrogen and oxygen atoms in total. The van der Waals surface area contributed by atoms with Crippen molar-refractivity contribution in [2.75, 3.05) is 0 Å². The summed E-state index contributed by atoms with van der Waals surface area (Å²) in [5.41, 5.74) is 3.90. The second-order valence-corrected chi connectivity index (χ2v) is 8.75. The van der Waals surface area contributed by atoms with Crippen LogP contribution in [0.5, 0.6) is 0 Å². The van der Waals surface area contributed by atoms with Gasteiger partial charge in [-0.15, -0.1) is 0 Å². The van der Waals surface area contributed by atoms with Crippen LogP contribution in [0.3, 0.4) is 0 Å². The van der Waals surface area contributed by atoms with Gasteiger partial charge in [-0.3, -0.25) is 0 Å². The summed E-state index contributed by atoms with van der Waals surface area (Å²) in [5, 5.41) is 0. The fourth-order valence-corrected chi connectivity index (χ4v) is 4.01. The van der Waals surface area contributed by atoms with Gasteiger partial charge in [0.05, 0.1) is 17.2 Å². The Labute approximate surface area is 202 Å². The van der Waals surface area contributed by atoms with Crippen LogP contribution in [0.15, 0.2) is 78.9 Å². The van der Waals surface area contributed by atoms with Gasteiger partial charge in [-0.2, -0.15) is 0 Å². The maximum Gasteiger partial charge on any atom is 0.338 e. The monoisotopic (exact) mass is 458 g/mol. The topological polar surface area (TPSA) is 52.6 Å². The van der Waals surface area contributed by atoms with Gasteiger partial charge in [-0.05, 0) is 67.1 Å². The Morgan fingerprint density at radius 1 is 0.676 bits per heavy atom. The molecule has 0 bridgehead atoms. The van der Waals surface area contributed by atoms with Crippen LogP contribution in [0.25, 0.3) is 11.1 Å². The molecule has 3 aromatic rings. The molecule has 0 amide bonds. The van der Waals surface area contributed by atoms with Gasteiger partial charge >= 0.3 is 11.9 Å². The standard InChI is InChI=1S/C30H34O4/c1-5-23(6-2)20-21(3)33-29(31)27-16-12-25(13-17-27)26-14-18-28(19-15-26)30(32)34-22(4)24-10-8-7-9-11-24/h7-19,21-23H,5-6,20H2,1-4H3/t21-,22-/m1/s1. The lowest BCUT2D eigenvalue weighted by molar-refractivity contribution is 0.0284. The Bertz CT molecular complexity index is 1050. The molecule has 34 heavy (non-hydrogen) atoms. The van der Waals surface area contributed by atoms with Crippen LogP contribution in [0.2, 0.25) is 0 Å². The molecule has 2 atom stereocenters. The number of benzene rings is 3. The average Bonchev–Trinajstić information content (AvgIpc) is 2.87. The highest BCUT2D eigenvalue weighted by Crippen LogP contribution is 2.23. The molecule has 0 radical (unpaired) electrons. The van der Waals surface area contributed by atoms with Gasteiger partial charge in [0.15, 0.2) is 0 Å². The van der Waals surface area contributed by atoms with Gasteiger partial charge in [-0.1, -0.05) is 81.3 Å². The van der Waals surface area contributed by atoms with E-state index in [-0.39, 0.29) is 24.1 Å². The van der Waals surface area contributed by atoms with E-state index >= 15 is 0 Å². The van der Waals surface area contributed by atoms with Crippen molar-refractivity contribution in [1.29, 1.82) is 0 Å². The summed E-state index contributed by atoms with van der Waals surface area (Å²) in [7, 11) is 0. The summed E-state index contributed by atoms with van der Waals surface area (Å²) < 4.78 is 11.2. The zero-order valence-electron chi connectivity index (χ0n) is 20.5. The smallest absolute Gasteiger partial charge is 0.338 e. The van der Waals surface area contributed by atoms with E-state index in [2.05, 4.69) is 13.8 Å². The zero-order chi connectivity index (χ0) is 24.5. The number of esters is 2. The Morgan fingerprint density at radius 2 is 1.15 bits per heavy atom. The first kappa shape index (κ1) is 25.2. The fraction of sp³-hybridized carbons (Fsp3) is 0.333. The third-order valence-corrected chi connectivity index (χ3v) is 6.26. The predicted molar refractivity (Wildman–Crippen MR) is 136 cm³/mol. The maximum atomic E-state index is 12.5. The lowest BCUT2D eigenvalue weighted by Crippen LogP contribution is -2.18.